The highest BCUT2D eigenvalue weighted by Gasteiger charge is 2.30. The zero-order valence-electron chi connectivity index (χ0n) is 9.45. The van der Waals surface area contributed by atoms with Crippen LogP contribution >= 0.6 is 0 Å². The number of benzene rings is 1. The van der Waals surface area contributed by atoms with E-state index in [9.17, 15) is 13.2 Å². The summed E-state index contributed by atoms with van der Waals surface area (Å²) in [5.41, 5.74) is 7.48. The van der Waals surface area contributed by atoms with Crippen LogP contribution in [0.5, 0.6) is 0 Å². The van der Waals surface area contributed by atoms with Crippen LogP contribution in [-0.2, 0) is 6.42 Å². The Labute approximate surface area is 101 Å². The third-order valence-electron chi connectivity index (χ3n) is 2.31. The third kappa shape index (κ3) is 2.79. The Morgan fingerprint density at radius 3 is 2.67 bits per heavy atom. The van der Waals surface area contributed by atoms with Crippen LogP contribution in [0.25, 0.3) is 11.5 Å². The second-order valence-corrected chi connectivity index (χ2v) is 3.88. The van der Waals surface area contributed by atoms with Crippen LogP contribution in [0.1, 0.15) is 11.4 Å². The fourth-order valence-corrected chi connectivity index (χ4v) is 1.54. The molecule has 4 nitrogen and oxygen atoms in total. The van der Waals surface area contributed by atoms with E-state index in [1.54, 1.807) is 25.1 Å². The van der Waals surface area contributed by atoms with Gasteiger partial charge in [0, 0.05) is 11.3 Å². The summed E-state index contributed by atoms with van der Waals surface area (Å²) in [5, 5.41) is 3.30. The maximum Gasteiger partial charge on any atom is 0.396 e. The van der Waals surface area contributed by atoms with Gasteiger partial charge < -0.3 is 10.3 Å². The Bertz CT molecular complexity index is 563. The summed E-state index contributed by atoms with van der Waals surface area (Å²) >= 11 is 0. The molecule has 0 radical (unpaired) electrons. The van der Waals surface area contributed by atoms with E-state index in [-0.39, 0.29) is 11.7 Å². The van der Waals surface area contributed by atoms with E-state index >= 15 is 0 Å². The van der Waals surface area contributed by atoms with Crippen LogP contribution < -0.4 is 5.73 Å². The van der Waals surface area contributed by atoms with Gasteiger partial charge in [-0.3, -0.25) is 0 Å². The lowest BCUT2D eigenvalue weighted by atomic mass is 10.1. The molecule has 2 rings (SSSR count). The first-order valence-corrected chi connectivity index (χ1v) is 5.11. The molecule has 18 heavy (non-hydrogen) atoms. The Balaban J connectivity index is 2.29. The number of aryl methyl sites for hydroxylation is 1. The number of aromatic nitrogens is 2. The molecule has 7 heteroatoms. The number of rotatable bonds is 2. The Hall–Kier alpha value is -2.05. The normalized spacial score (nSPS) is 11.8. The molecule has 1 heterocycles. The summed E-state index contributed by atoms with van der Waals surface area (Å²) in [7, 11) is 0. The van der Waals surface area contributed by atoms with Crippen molar-refractivity contribution in [1.82, 2.24) is 10.1 Å². The maximum atomic E-state index is 12.1. The lowest BCUT2D eigenvalue weighted by Crippen LogP contribution is -2.12. The van der Waals surface area contributed by atoms with Crippen molar-refractivity contribution in [2.75, 3.05) is 5.73 Å². The highest BCUT2D eigenvalue weighted by Crippen LogP contribution is 2.25. The Morgan fingerprint density at radius 2 is 2.06 bits per heavy atom. The van der Waals surface area contributed by atoms with Crippen LogP contribution in [0.4, 0.5) is 18.9 Å². The van der Waals surface area contributed by atoms with Gasteiger partial charge in [-0.2, -0.15) is 18.2 Å². The number of halogens is 3. The zero-order chi connectivity index (χ0) is 13.3. The molecule has 2 aromatic rings. The summed E-state index contributed by atoms with van der Waals surface area (Å²) in [6.07, 6.45) is -5.55. The van der Waals surface area contributed by atoms with Gasteiger partial charge in [0.1, 0.15) is 6.42 Å². The number of nitrogen functional groups attached to an aromatic ring is 1. The maximum absolute atomic E-state index is 12.1. The number of nitrogens with two attached hydrogens (primary N) is 1. The van der Waals surface area contributed by atoms with Crippen molar-refractivity contribution in [2.24, 2.45) is 0 Å². The molecule has 0 atom stereocenters. The lowest BCUT2D eigenvalue weighted by molar-refractivity contribution is -0.128. The van der Waals surface area contributed by atoms with Gasteiger partial charge in [0.25, 0.3) is 5.89 Å². The summed E-state index contributed by atoms with van der Waals surface area (Å²) in [6, 6.07) is 4.94. The van der Waals surface area contributed by atoms with Gasteiger partial charge in [-0.1, -0.05) is 5.16 Å². The number of hydrogen-bond donors (Lipinski definition) is 1. The predicted molar refractivity (Wildman–Crippen MR) is 58.6 cm³/mol. The minimum Gasteiger partial charge on any atom is -0.399 e. The molecule has 0 bridgehead atoms. The molecular formula is C11H10F3N3O. The second-order valence-electron chi connectivity index (χ2n) is 3.88. The first kappa shape index (κ1) is 12.4. The first-order chi connectivity index (χ1) is 8.35. The van der Waals surface area contributed by atoms with Crippen molar-refractivity contribution in [3.05, 3.63) is 29.6 Å². The van der Waals surface area contributed by atoms with Crippen LogP contribution in [0, 0.1) is 6.92 Å². The van der Waals surface area contributed by atoms with E-state index in [1.807, 2.05) is 0 Å². The van der Waals surface area contributed by atoms with E-state index < -0.39 is 12.6 Å². The number of nitrogens with zero attached hydrogens (tertiary/aromatic N) is 2. The van der Waals surface area contributed by atoms with E-state index in [1.165, 1.54) is 0 Å². The molecule has 0 aliphatic heterocycles. The van der Waals surface area contributed by atoms with E-state index in [0.29, 0.717) is 11.3 Å². The molecule has 96 valence electrons. The summed E-state index contributed by atoms with van der Waals surface area (Å²) in [4.78, 5) is 3.72. The number of anilines is 1. The monoisotopic (exact) mass is 257 g/mol. The minimum atomic E-state index is -4.35. The predicted octanol–water partition coefficient (Wildman–Crippen LogP) is 2.73. The van der Waals surface area contributed by atoms with Crippen molar-refractivity contribution in [3.63, 3.8) is 0 Å². The number of hydrogen-bond acceptors (Lipinski definition) is 4. The lowest BCUT2D eigenvalue weighted by Gasteiger charge is -2.01. The van der Waals surface area contributed by atoms with Crippen LogP contribution in [-0.4, -0.2) is 16.3 Å². The van der Waals surface area contributed by atoms with Crippen molar-refractivity contribution in [1.29, 1.82) is 0 Å². The SMILES string of the molecule is Cc1cc(N)ccc1-c1nc(CC(F)(F)F)no1. The van der Waals surface area contributed by atoms with E-state index in [2.05, 4.69) is 10.1 Å². The quantitative estimate of drug-likeness (QED) is 0.840. The van der Waals surface area contributed by atoms with Crippen molar-refractivity contribution in [3.8, 4) is 11.5 Å². The Morgan fingerprint density at radius 1 is 1.33 bits per heavy atom. The van der Waals surface area contributed by atoms with Gasteiger partial charge in [0.15, 0.2) is 5.82 Å². The molecule has 0 saturated carbocycles. The molecule has 1 aromatic heterocycles. The average molecular weight is 257 g/mol. The summed E-state index contributed by atoms with van der Waals surface area (Å²) in [6.45, 7) is 1.76. The third-order valence-corrected chi connectivity index (χ3v) is 2.31. The molecule has 2 N–H and O–H groups in total. The fourth-order valence-electron chi connectivity index (χ4n) is 1.54. The standard InChI is InChI=1S/C11H10F3N3O/c1-6-4-7(15)2-3-8(6)10-16-9(17-18-10)5-11(12,13)14/h2-4H,5,15H2,1H3. The van der Waals surface area contributed by atoms with Crippen LogP contribution in [0.15, 0.2) is 22.7 Å². The molecule has 0 amide bonds. The van der Waals surface area contributed by atoms with Gasteiger partial charge in [-0.05, 0) is 30.7 Å². The van der Waals surface area contributed by atoms with Gasteiger partial charge >= 0.3 is 6.18 Å². The smallest absolute Gasteiger partial charge is 0.396 e. The van der Waals surface area contributed by atoms with Crippen molar-refractivity contribution in [2.45, 2.75) is 19.5 Å². The number of alkyl halides is 3. The van der Waals surface area contributed by atoms with Gasteiger partial charge in [0.05, 0.1) is 0 Å². The molecular weight excluding hydrogens is 247 g/mol. The molecule has 0 spiro atoms. The molecule has 0 unspecified atom stereocenters. The molecule has 0 fully saturated rings. The topological polar surface area (TPSA) is 64.9 Å². The van der Waals surface area contributed by atoms with Gasteiger partial charge in [-0.25, -0.2) is 0 Å². The molecule has 0 aliphatic rings. The van der Waals surface area contributed by atoms with Gasteiger partial charge in [-0.15, -0.1) is 0 Å². The van der Waals surface area contributed by atoms with Crippen LogP contribution in [0.2, 0.25) is 0 Å². The summed E-state index contributed by atoms with van der Waals surface area (Å²) < 4.78 is 41.3. The molecule has 0 saturated heterocycles. The highest BCUT2D eigenvalue weighted by molar-refractivity contribution is 5.62. The molecule has 0 aliphatic carbocycles. The van der Waals surface area contributed by atoms with E-state index in [0.717, 1.165) is 5.56 Å². The van der Waals surface area contributed by atoms with Crippen molar-refractivity contribution >= 4 is 5.69 Å². The average Bonchev–Trinajstić information content (AvgIpc) is 2.63. The fraction of sp³-hybridized carbons (Fsp3) is 0.273. The zero-order valence-corrected chi connectivity index (χ0v) is 9.45. The Kier molecular flexibility index (Phi) is 2.98. The summed E-state index contributed by atoms with van der Waals surface area (Å²) in [5.74, 6) is -0.319. The minimum absolute atomic E-state index is 0.0618. The molecule has 1 aromatic carbocycles. The first-order valence-electron chi connectivity index (χ1n) is 5.11. The second kappa shape index (κ2) is 4.32. The highest BCUT2D eigenvalue weighted by atomic mass is 19.4. The van der Waals surface area contributed by atoms with Gasteiger partial charge in [0.2, 0.25) is 0 Å². The van der Waals surface area contributed by atoms with Crippen LogP contribution in [0.3, 0.4) is 0 Å². The van der Waals surface area contributed by atoms with Crippen molar-refractivity contribution < 1.29 is 17.7 Å². The largest absolute Gasteiger partial charge is 0.399 e. The van der Waals surface area contributed by atoms with E-state index in [4.69, 9.17) is 10.3 Å².